The Morgan fingerprint density at radius 3 is 2.33 bits per heavy atom. The van der Waals surface area contributed by atoms with E-state index < -0.39 is 5.91 Å². The van der Waals surface area contributed by atoms with Crippen LogP contribution in [0.3, 0.4) is 0 Å². The van der Waals surface area contributed by atoms with Crippen LogP contribution in [0.5, 0.6) is 17.2 Å². The molecule has 1 aromatic carbocycles. The summed E-state index contributed by atoms with van der Waals surface area (Å²) >= 11 is 0. The highest BCUT2D eigenvalue weighted by Gasteiger charge is 2.14. The topological polar surface area (TPSA) is 101 Å². The molecule has 0 saturated carbocycles. The molecular weight excluding hydrogens is 354 g/mol. The van der Waals surface area contributed by atoms with Crippen LogP contribution in [-0.2, 0) is 17.8 Å². The van der Waals surface area contributed by atoms with Crippen LogP contribution in [0, 0.1) is 0 Å². The van der Waals surface area contributed by atoms with Crippen molar-refractivity contribution in [3.63, 3.8) is 0 Å². The van der Waals surface area contributed by atoms with Gasteiger partial charge in [0, 0.05) is 31.4 Å². The number of amides is 1. The maximum atomic E-state index is 12.4. The molecule has 1 aromatic heterocycles. The molecule has 27 heavy (non-hydrogen) atoms. The molecule has 0 radical (unpaired) electrons. The number of rotatable bonds is 9. The van der Waals surface area contributed by atoms with Crippen molar-refractivity contribution in [2.24, 2.45) is 0 Å². The molecule has 1 N–H and O–H groups in total. The third-order valence-electron chi connectivity index (χ3n) is 3.83. The lowest BCUT2D eigenvalue weighted by atomic mass is 10.1. The molecule has 0 atom stereocenters. The predicted molar refractivity (Wildman–Crippen MR) is 97.6 cm³/mol. The SMILES string of the molecule is COCCn1nc(C(=O)NCc2cc(OC)c(OC)cc2OC)ccc1=O. The minimum Gasteiger partial charge on any atom is -0.496 e. The molecule has 2 rings (SSSR count). The number of nitrogens with one attached hydrogen (secondary N) is 1. The van der Waals surface area contributed by atoms with Crippen LogP contribution in [0.15, 0.2) is 29.1 Å². The second kappa shape index (κ2) is 9.58. The highest BCUT2D eigenvalue weighted by atomic mass is 16.5. The summed E-state index contributed by atoms with van der Waals surface area (Å²) in [5.41, 5.74) is 0.534. The average molecular weight is 377 g/mol. The monoisotopic (exact) mass is 377 g/mol. The van der Waals surface area contributed by atoms with Crippen molar-refractivity contribution in [2.45, 2.75) is 13.1 Å². The fourth-order valence-electron chi connectivity index (χ4n) is 2.40. The Labute approximate surface area is 156 Å². The van der Waals surface area contributed by atoms with Gasteiger partial charge in [-0.25, -0.2) is 4.68 Å². The second-order valence-electron chi connectivity index (χ2n) is 5.47. The first kappa shape index (κ1) is 20.2. The third kappa shape index (κ3) is 4.98. The number of benzene rings is 1. The quantitative estimate of drug-likeness (QED) is 0.691. The molecule has 0 aliphatic carbocycles. The van der Waals surface area contributed by atoms with Crippen LogP contribution >= 0.6 is 0 Å². The molecule has 0 aliphatic heterocycles. The number of carbonyl (C=O) groups excluding carboxylic acids is 1. The molecule has 2 aromatic rings. The Kier molecular flexibility index (Phi) is 7.18. The van der Waals surface area contributed by atoms with Crippen molar-refractivity contribution in [3.8, 4) is 17.2 Å². The summed E-state index contributed by atoms with van der Waals surface area (Å²) in [5.74, 6) is 1.18. The zero-order chi connectivity index (χ0) is 19.8. The number of hydrogen-bond acceptors (Lipinski definition) is 7. The Hall–Kier alpha value is -3.07. The lowest BCUT2D eigenvalue weighted by Gasteiger charge is -2.14. The molecule has 0 bridgehead atoms. The van der Waals surface area contributed by atoms with Gasteiger partial charge in [-0.05, 0) is 12.1 Å². The lowest BCUT2D eigenvalue weighted by Crippen LogP contribution is -2.30. The van der Waals surface area contributed by atoms with E-state index in [9.17, 15) is 9.59 Å². The summed E-state index contributed by atoms with van der Waals surface area (Å²) < 4.78 is 22.0. The number of nitrogens with zero attached hydrogens (tertiary/aromatic N) is 2. The summed E-state index contributed by atoms with van der Waals surface area (Å²) in [4.78, 5) is 24.2. The molecule has 1 heterocycles. The standard InChI is InChI=1S/C18H23N3O6/c1-24-8-7-21-17(22)6-5-13(20-21)18(23)19-11-12-9-15(26-3)16(27-4)10-14(12)25-2/h5-6,9-10H,7-8,11H2,1-4H3,(H,19,23). The molecule has 1 amide bonds. The van der Waals surface area contributed by atoms with Gasteiger partial charge in [0.2, 0.25) is 0 Å². The summed E-state index contributed by atoms with van der Waals surface area (Å²) in [7, 11) is 6.11. The molecule has 0 unspecified atom stereocenters. The summed E-state index contributed by atoms with van der Waals surface area (Å²) in [6.45, 7) is 0.766. The summed E-state index contributed by atoms with van der Waals surface area (Å²) in [6.07, 6.45) is 0. The summed E-state index contributed by atoms with van der Waals surface area (Å²) in [5, 5.41) is 6.82. The summed E-state index contributed by atoms with van der Waals surface area (Å²) in [6, 6.07) is 6.09. The van der Waals surface area contributed by atoms with E-state index in [1.807, 2.05) is 0 Å². The molecule has 9 heteroatoms. The number of carbonyl (C=O) groups is 1. The Morgan fingerprint density at radius 1 is 1.04 bits per heavy atom. The van der Waals surface area contributed by atoms with Gasteiger partial charge in [-0.1, -0.05) is 0 Å². The zero-order valence-corrected chi connectivity index (χ0v) is 15.8. The van der Waals surface area contributed by atoms with Crippen LogP contribution in [0.1, 0.15) is 16.1 Å². The van der Waals surface area contributed by atoms with E-state index in [0.29, 0.717) is 29.4 Å². The van der Waals surface area contributed by atoms with E-state index in [0.717, 1.165) is 0 Å². The van der Waals surface area contributed by atoms with Gasteiger partial charge in [0.05, 0.1) is 34.5 Å². The minimum atomic E-state index is -0.419. The van der Waals surface area contributed by atoms with Gasteiger partial charge in [-0.15, -0.1) is 0 Å². The van der Waals surface area contributed by atoms with Gasteiger partial charge in [0.25, 0.3) is 11.5 Å². The molecule has 0 fully saturated rings. The molecule has 0 saturated heterocycles. The number of aromatic nitrogens is 2. The Morgan fingerprint density at radius 2 is 1.70 bits per heavy atom. The lowest BCUT2D eigenvalue weighted by molar-refractivity contribution is 0.0942. The van der Waals surface area contributed by atoms with E-state index in [1.165, 1.54) is 45.3 Å². The fraction of sp³-hybridized carbons (Fsp3) is 0.389. The van der Waals surface area contributed by atoms with Crippen molar-refractivity contribution >= 4 is 5.91 Å². The van der Waals surface area contributed by atoms with Crippen LogP contribution in [0.25, 0.3) is 0 Å². The second-order valence-corrected chi connectivity index (χ2v) is 5.47. The van der Waals surface area contributed by atoms with Crippen molar-refractivity contribution in [3.05, 3.63) is 45.9 Å². The number of methoxy groups -OCH3 is 4. The molecule has 146 valence electrons. The van der Waals surface area contributed by atoms with Crippen LogP contribution < -0.4 is 25.1 Å². The van der Waals surface area contributed by atoms with E-state index in [-0.39, 0.29) is 24.3 Å². The van der Waals surface area contributed by atoms with Gasteiger partial charge in [-0.2, -0.15) is 5.10 Å². The van der Waals surface area contributed by atoms with Gasteiger partial charge < -0.3 is 24.3 Å². The van der Waals surface area contributed by atoms with E-state index in [2.05, 4.69) is 10.4 Å². The predicted octanol–water partition coefficient (Wildman–Crippen LogP) is 0.845. The first-order valence-electron chi connectivity index (χ1n) is 8.18. The van der Waals surface area contributed by atoms with Crippen molar-refractivity contribution in [2.75, 3.05) is 35.0 Å². The maximum absolute atomic E-state index is 12.4. The first-order chi connectivity index (χ1) is 13.0. The highest BCUT2D eigenvalue weighted by Crippen LogP contribution is 2.34. The molecular formula is C18H23N3O6. The van der Waals surface area contributed by atoms with Gasteiger partial charge >= 0.3 is 0 Å². The van der Waals surface area contributed by atoms with Crippen molar-refractivity contribution < 1.29 is 23.7 Å². The van der Waals surface area contributed by atoms with Crippen LogP contribution in [0.4, 0.5) is 0 Å². The molecule has 0 spiro atoms. The van der Waals surface area contributed by atoms with Crippen LogP contribution in [-0.4, -0.2) is 50.7 Å². The van der Waals surface area contributed by atoms with E-state index in [4.69, 9.17) is 18.9 Å². The van der Waals surface area contributed by atoms with Gasteiger partial charge in [0.15, 0.2) is 11.5 Å². The molecule has 9 nitrogen and oxygen atoms in total. The van der Waals surface area contributed by atoms with E-state index in [1.54, 1.807) is 12.1 Å². The van der Waals surface area contributed by atoms with Crippen molar-refractivity contribution in [1.82, 2.24) is 15.1 Å². The van der Waals surface area contributed by atoms with Crippen LogP contribution in [0.2, 0.25) is 0 Å². The zero-order valence-electron chi connectivity index (χ0n) is 15.8. The molecule has 0 aliphatic rings. The van der Waals surface area contributed by atoms with Gasteiger partial charge in [0.1, 0.15) is 11.4 Å². The number of hydrogen-bond donors (Lipinski definition) is 1. The average Bonchev–Trinajstić information content (AvgIpc) is 2.70. The Balaban J connectivity index is 2.17. The first-order valence-corrected chi connectivity index (χ1v) is 8.18. The fourth-order valence-corrected chi connectivity index (χ4v) is 2.40. The highest BCUT2D eigenvalue weighted by molar-refractivity contribution is 5.92. The normalized spacial score (nSPS) is 10.4. The smallest absolute Gasteiger partial charge is 0.271 e. The van der Waals surface area contributed by atoms with Crippen molar-refractivity contribution in [1.29, 1.82) is 0 Å². The van der Waals surface area contributed by atoms with Gasteiger partial charge in [-0.3, -0.25) is 9.59 Å². The van der Waals surface area contributed by atoms with E-state index >= 15 is 0 Å². The number of ether oxygens (including phenoxy) is 4. The maximum Gasteiger partial charge on any atom is 0.271 e. The largest absolute Gasteiger partial charge is 0.496 e. The minimum absolute atomic E-state index is 0.130. The Bertz CT molecular complexity index is 849. The third-order valence-corrected chi connectivity index (χ3v) is 3.83.